The summed E-state index contributed by atoms with van der Waals surface area (Å²) in [7, 11) is 0. The van der Waals surface area contributed by atoms with E-state index in [4.69, 9.17) is 4.74 Å². The smallest absolute Gasteiger partial charge is 0.150 e. The van der Waals surface area contributed by atoms with Gasteiger partial charge in [-0.3, -0.25) is 4.79 Å². The van der Waals surface area contributed by atoms with Gasteiger partial charge in [0.1, 0.15) is 12.4 Å². The van der Waals surface area contributed by atoms with Gasteiger partial charge in [-0.15, -0.1) is 0 Å². The van der Waals surface area contributed by atoms with Crippen molar-refractivity contribution < 1.29 is 9.53 Å². The van der Waals surface area contributed by atoms with E-state index < -0.39 is 0 Å². The summed E-state index contributed by atoms with van der Waals surface area (Å²) in [5, 5.41) is 0. The van der Waals surface area contributed by atoms with Gasteiger partial charge in [-0.1, -0.05) is 30.3 Å². The number of hydrogen-bond donors (Lipinski definition) is 0. The van der Waals surface area contributed by atoms with E-state index in [-0.39, 0.29) is 0 Å². The van der Waals surface area contributed by atoms with E-state index >= 15 is 0 Å². The standard InChI is InChI=1S/C16H15IO2/c1-11-8-15(16(17)12(2)14(11)9-18)19-10-13-6-4-3-5-7-13/h3-9H,10H2,1-2H3. The van der Waals surface area contributed by atoms with Crippen LogP contribution >= 0.6 is 22.6 Å². The molecule has 0 spiro atoms. The van der Waals surface area contributed by atoms with Crippen molar-refractivity contribution in [3.05, 3.63) is 62.2 Å². The van der Waals surface area contributed by atoms with E-state index in [1.54, 1.807) is 0 Å². The lowest BCUT2D eigenvalue weighted by Gasteiger charge is -2.13. The van der Waals surface area contributed by atoms with Gasteiger partial charge in [0, 0.05) is 5.56 Å². The normalized spacial score (nSPS) is 10.3. The highest BCUT2D eigenvalue weighted by Gasteiger charge is 2.11. The maximum Gasteiger partial charge on any atom is 0.150 e. The van der Waals surface area contributed by atoms with E-state index in [1.165, 1.54) is 0 Å². The summed E-state index contributed by atoms with van der Waals surface area (Å²) in [6.07, 6.45) is 0.911. The number of hydrogen-bond acceptors (Lipinski definition) is 2. The highest BCUT2D eigenvalue weighted by molar-refractivity contribution is 14.1. The van der Waals surface area contributed by atoms with Gasteiger partial charge in [0.2, 0.25) is 0 Å². The van der Waals surface area contributed by atoms with Crippen molar-refractivity contribution in [1.82, 2.24) is 0 Å². The molecule has 0 aliphatic rings. The van der Waals surface area contributed by atoms with Gasteiger partial charge >= 0.3 is 0 Å². The Morgan fingerprint density at radius 1 is 1.21 bits per heavy atom. The lowest BCUT2D eigenvalue weighted by atomic mass is 10.0. The quantitative estimate of drug-likeness (QED) is 0.596. The summed E-state index contributed by atoms with van der Waals surface area (Å²) in [5.41, 5.74) is 3.83. The van der Waals surface area contributed by atoms with Gasteiger partial charge in [0.05, 0.1) is 3.57 Å². The van der Waals surface area contributed by atoms with Crippen molar-refractivity contribution in [2.45, 2.75) is 20.5 Å². The predicted molar refractivity (Wildman–Crippen MR) is 84.8 cm³/mol. The van der Waals surface area contributed by atoms with Crippen molar-refractivity contribution in [3.63, 3.8) is 0 Å². The first-order valence-corrected chi connectivity index (χ1v) is 7.13. The zero-order valence-corrected chi connectivity index (χ0v) is 13.1. The second kappa shape index (κ2) is 6.19. The van der Waals surface area contributed by atoms with Gasteiger partial charge in [-0.2, -0.15) is 0 Å². The molecule has 0 aliphatic heterocycles. The lowest BCUT2D eigenvalue weighted by molar-refractivity contribution is 0.112. The summed E-state index contributed by atoms with van der Waals surface area (Å²) in [6, 6.07) is 12.0. The van der Waals surface area contributed by atoms with Crippen LogP contribution in [0.15, 0.2) is 36.4 Å². The van der Waals surface area contributed by atoms with Gasteiger partial charge in [-0.25, -0.2) is 0 Å². The third kappa shape index (κ3) is 3.15. The fourth-order valence-corrected chi connectivity index (χ4v) is 2.56. The Balaban J connectivity index is 2.24. The number of halogens is 1. The first kappa shape index (κ1) is 14.1. The predicted octanol–water partition coefficient (Wildman–Crippen LogP) is 4.30. The van der Waals surface area contributed by atoms with Crippen LogP contribution < -0.4 is 4.74 Å². The Bertz CT molecular complexity index is 591. The van der Waals surface area contributed by atoms with Crippen LogP contribution in [0.4, 0.5) is 0 Å². The summed E-state index contributed by atoms with van der Waals surface area (Å²) in [4.78, 5) is 11.0. The average molecular weight is 366 g/mol. The molecule has 2 aromatic carbocycles. The molecular formula is C16H15IO2. The Morgan fingerprint density at radius 2 is 1.89 bits per heavy atom. The molecule has 2 aromatic rings. The van der Waals surface area contributed by atoms with E-state index in [0.29, 0.717) is 6.61 Å². The van der Waals surface area contributed by atoms with Gasteiger partial charge in [0.25, 0.3) is 0 Å². The third-order valence-corrected chi connectivity index (χ3v) is 4.42. The number of carbonyl (C=O) groups is 1. The van der Waals surface area contributed by atoms with Crippen LogP contribution in [0.3, 0.4) is 0 Å². The fraction of sp³-hybridized carbons (Fsp3) is 0.188. The van der Waals surface area contributed by atoms with Crippen LogP contribution in [-0.2, 0) is 6.61 Å². The SMILES string of the molecule is Cc1cc(OCc2ccccc2)c(I)c(C)c1C=O. The van der Waals surface area contributed by atoms with Gasteiger partial charge in [-0.05, 0) is 59.2 Å². The maximum absolute atomic E-state index is 11.0. The zero-order valence-electron chi connectivity index (χ0n) is 10.9. The van der Waals surface area contributed by atoms with E-state index in [2.05, 4.69) is 22.6 Å². The van der Waals surface area contributed by atoms with E-state index in [1.807, 2.05) is 50.2 Å². The topological polar surface area (TPSA) is 26.3 Å². The van der Waals surface area contributed by atoms with Crippen molar-refractivity contribution in [2.24, 2.45) is 0 Å². The van der Waals surface area contributed by atoms with Crippen molar-refractivity contribution >= 4 is 28.9 Å². The van der Waals surface area contributed by atoms with E-state index in [0.717, 1.165) is 37.9 Å². The largest absolute Gasteiger partial charge is 0.488 e. The minimum Gasteiger partial charge on any atom is -0.488 e. The molecule has 19 heavy (non-hydrogen) atoms. The Morgan fingerprint density at radius 3 is 2.53 bits per heavy atom. The number of rotatable bonds is 4. The lowest BCUT2D eigenvalue weighted by Crippen LogP contribution is -2.01. The molecule has 0 unspecified atom stereocenters. The molecule has 0 aliphatic carbocycles. The Hall–Kier alpha value is -1.36. The number of carbonyl (C=O) groups excluding carboxylic acids is 1. The Labute approximate surface area is 126 Å². The molecule has 0 atom stereocenters. The Kier molecular flexibility index (Phi) is 4.58. The molecule has 98 valence electrons. The molecule has 0 radical (unpaired) electrons. The highest BCUT2D eigenvalue weighted by Crippen LogP contribution is 2.29. The summed E-state index contributed by atoms with van der Waals surface area (Å²) >= 11 is 2.23. The molecule has 0 bridgehead atoms. The summed E-state index contributed by atoms with van der Waals surface area (Å²) in [6.45, 7) is 4.42. The zero-order chi connectivity index (χ0) is 13.8. The first-order chi connectivity index (χ1) is 9.13. The van der Waals surface area contributed by atoms with Crippen LogP contribution in [0.1, 0.15) is 27.0 Å². The molecule has 0 saturated carbocycles. The van der Waals surface area contributed by atoms with Gasteiger partial charge < -0.3 is 4.74 Å². The summed E-state index contributed by atoms with van der Waals surface area (Å²) < 4.78 is 6.86. The monoisotopic (exact) mass is 366 g/mol. The third-order valence-electron chi connectivity index (χ3n) is 3.08. The number of ether oxygens (including phenoxy) is 1. The molecule has 2 nitrogen and oxygen atoms in total. The molecule has 2 rings (SSSR count). The minimum absolute atomic E-state index is 0.538. The molecule has 0 fully saturated rings. The van der Waals surface area contributed by atoms with Crippen molar-refractivity contribution in [3.8, 4) is 5.75 Å². The molecule has 0 aromatic heterocycles. The highest BCUT2D eigenvalue weighted by atomic mass is 127. The van der Waals surface area contributed by atoms with Crippen LogP contribution in [-0.4, -0.2) is 6.29 Å². The van der Waals surface area contributed by atoms with Crippen LogP contribution in [0.25, 0.3) is 0 Å². The van der Waals surface area contributed by atoms with E-state index in [9.17, 15) is 4.79 Å². The molecule has 3 heteroatoms. The van der Waals surface area contributed by atoms with Crippen molar-refractivity contribution in [1.29, 1.82) is 0 Å². The van der Waals surface area contributed by atoms with Crippen LogP contribution in [0, 0.1) is 17.4 Å². The molecular weight excluding hydrogens is 351 g/mol. The van der Waals surface area contributed by atoms with Crippen LogP contribution in [0.2, 0.25) is 0 Å². The molecule has 0 saturated heterocycles. The van der Waals surface area contributed by atoms with Crippen molar-refractivity contribution in [2.75, 3.05) is 0 Å². The number of benzene rings is 2. The first-order valence-electron chi connectivity index (χ1n) is 6.05. The second-order valence-corrected chi connectivity index (χ2v) is 5.52. The maximum atomic E-state index is 11.0. The van der Waals surface area contributed by atoms with Gasteiger partial charge in [0.15, 0.2) is 6.29 Å². The summed E-state index contributed by atoms with van der Waals surface area (Å²) in [5.74, 6) is 0.838. The number of aldehydes is 1. The number of aryl methyl sites for hydroxylation is 1. The molecule has 0 N–H and O–H groups in total. The molecule has 0 heterocycles. The molecule has 0 amide bonds. The minimum atomic E-state index is 0.538. The van der Waals surface area contributed by atoms with Crippen LogP contribution in [0.5, 0.6) is 5.75 Å². The average Bonchev–Trinajstić information content (AvgIpc) is 2.43. The fourth-order valence-electron chi connectivity index (χ4n) is 1.96. The second-order valence-electron chi connectivity index (χ2n) is 4.44.